The fourth-order valence-electron chi connectivity index (χ4n) is 5.21. The van der Waals surface area contributed by atoms with Crippen molar-refractivity contribution >= 4 is 5.52 Å². The van der Waals surface area contributed by atoms with E-state index >= 15 is 0 Å². The first kappa shape index (κ1) is 25.2. The zero-order valence-electron chi connectivity index (χ0n) is 20.4. The number of aromatic nitrogens is 4. The number of benzene rings is 1. The third-order valence-corrected chi connectivity index (χ3v) is 7.05. The molecular formula is C27H29F2N5O3. The van der Waals surface area contributed by atoms with Crippen LogP contribution in [-0.2, 0) is 6.42 Å². The van der Waals surface area contributed by atoms with Crippen LogP contribution in [0.5, 0.6) is 5.75 Å². The van der Waals surface area contributed by atoms with Crippen LogP contribution in [0, 0.1) is 17.6 Å². The van der Waals surface area contributed by atoms with Gasteiger partial charge in [-0.2, -0.15) is 5.10 Å². The highest BCUT2D eigenvalue weighted by Gasteiger charge is 2.33. The van der Waals surface area contributed by atoms with Gasteiger partial charge in [0.2, 0.25) is 0 Å². The van der Waals surface area contributed by atoms with E-state index in [2.05, 4.69) is 15.1 Å². The number of nitrogens with zero attached hydrogens (tertiary/aromatic N) is 4. The Morgan fingerprint density at radius 2 is 1.92 bits per heavy atom. The first-order valence-electron chi connectivity index (χ1n) is 12.3. The van der Waals surface area contributed by atoms with Crippen molar-refractivity contribution in [3.05, 3.63) is 77.5 Å². The smallest absolute Gasteiger partial charge is 0.139 e. The van der Waals surface area contributed by atoms with Gasteiger partial charge in [0.15, 0.2) is 0 Å². The first-order valence-corrected chi connectivity index (χ1v) is 12.3. The van der Waals surface area contributed by atoms with E-state index in [9.17, 15) is 13.9 Å². The summed E-state index contributed by atoms with van der Waals surface area (Å²) in [4.78, 5) is 8.83. The van der Waals surface area contributed by atoms with Crippen molar-refractivity contribution in [1.82, 2.24) is 19.6 Å². The Bertz CT molecular complexity index is 1380. The van der Waals surface area contributed by atoms with Crippen LogP contribution in [0.3, 0.4) is 0 Å². The molecule has 0 amide bonds. The van der Waals surface area contributed by atoms with Crippen molar-refractivity contribution in [3.8, 4) is 17.0 Å². The summed E-state index contributed by atoms with van der Waals surface area (Å²) < 4.78 is 36.4. The van der Waals surface area contributed by atoms with Gasteiger partial charge in [0.05, 0.1) is 35.7 Å². The topological polar surface area (TPSA) is 119 Å². The Hall–Kier alpha value is -3.47. The molecule has 0 aliphatic heterocycles. The normalized spacial score (nSPS) is 21.9. The second kappa shape index (κ2) is 10.5. The summed E-state index contributed by atoms with van der Waals surface area (Å²) >= 11 is 0. The second-order valence-electron chi connectivity index (χ2n) is 9.61. The molecule has 0 spiro atoms. The number of aliphatic hydroxyl groups is 2. The summed E-state index contributed by atoms with van der Waals surface area (Å²) in [5, 5.41) is 23.7. The third kappa shape index (κ3) is 5.04. The van der Waals surface area contributed by atoms with Crippen molar-refractivity contribution in [1.29, 1.82) is 0 Å². The standard InChI is InChI=1S/C27H29F2N5O3/c1-15-8-16(9-23(30)27(15)36)20-4-5-31-13-17(20)10-25-32-14-18-2-3-24(33-34(18)25)26-21(28)11-19(12-22(26)29)37-7-6-35/h2-5,11-16,23,27,35-36H,6-10,30H2,1H3/t15-,16+,23+,27-/m0/s1. The van der Waals surface area contributed by atoms with Gasteiger partial charge in [0.25, 0.3) is 0 Å². The summed E-state index contributed by atoms with van der Waals surface area (Å²) in [7, 11) is 0. The number of aliphatic hydroxyl groups excluding tert-OH is 2. The number of rotatable bonds is 7. The van der Waals surface area contributed by atoms with Crippen molar-refractivity contribution in [2.24, 2.45) is 11.7 Å². The van der Waals surface area contributed by atoms with Gasteiger partial charge in [-0.1, -0.05) is 6.92 Å². The lowest BCUT2D eigenvalue weighted by molar-refractivity contribution is 0.0519. The van der Waals surface area contributed by atoms with Crippen LogP contribution in [0.4, 0.5) is 8.78 Å². The van der Waals surface area contributed by atoms with Crippen molar-refractivity contribution < 1.29 is 23.7 Å². The van der Waals surface area contributed by atoms with E-state index in [-0.39, 0.29) is 48.1 Å². The molecule has 5 rings (SSSR count). The lowest BCUT2D eigenvalue weighted by Crippen LogP contribution is -2.44. The van der Waals surface area contributed by atoms with Crippen molar-refractivity contribution in [2.75, 3.05) is 13.2 Å². The highest BCUT2D eigenvalue weighted by molar-refractivity contribution is 5.63. The maximum Gasteiger partial charge on any atom is 0.139 e. The van der Waals surface area contributed by atoms with E-state index < -0.39 is 17.7 Å². The average Bonchev–Trinajstić information content (AvgIpc) is 3.27. The first-order chi connectivity index (χ1) is 17.9. The predicted octanol–water partition coefficient (Wildman–Crippen LogP) is 3.23. The number of imidazole rings is 1. The van der Waals surface area contributed by atoms with Gasteiger partial charge >= 0.3 is 0 Å². The van der Waals surface area contributed by atoms with E-state index in [0.717, 1.165) is 29.7 Å². The average molecular weight is 510 g/mol. The number of pyridine rings is 1. The summed E-state index contributed by atoms with van der Waals surface area (Å²) in [6, 6.07) is 7.09. The van der Waals surface area contributed by atoms with Crippen LogP contribution in [0.1, 0.15) is 42.6 Å². The second-order valence-corrected chi connectivity index (χ2v) is 9.61. The maximum atomic E-state index is 14.9. The zero-order valence-corrected chi connectivity index (χ0v) is 20.4. The van der Waals surface area contributed by atoms with Crippen LogP contribution >= 0.6 is 0 Å². The van der Waals surface area contributed by atoms with Gasteiger partial charge in [-0.25, -0.2) is 18.3 Å². The number of hydrogen-bond acceptors (Lipinski definition) is 7. The Balaban J connectivity index is 1.47. The minimum atomic E-state index is -0.819. The zero-order chi connectivity index (χ0) is 26.1. The summed E-state index contributed by atoms with van der Waals surface area (Å²) in [5.41, 5.74) is 8.81. The van der Waals surface area contributed by atoms with Crippen LogP contribution < -0.4 is 10.5 Å². The molecule has 8 nitrogen and oxygen atoms in total. The predicted molar refractivity (Wildman–Crippen MR) is 133 cm³/mol. The Kier molecular flexibility index (Phi) is 7.14. The minimum Gasteiger partial charge on any atom is -0.491 e. The van der Waals surface area contributed by atoms with E-state index in [1.165, 1.54) is 0 Å². The van der Waals surface area contributed by atoms with Gasteiger partial charge in [0, 0.05) is 37.0 Å². The highest BCUT2D eigenvalue weighted by Crippen LogP contribution is 2.37. The molecule has 1 aliphatic carbocycles. The number of ether oxygens (including phenoxy) is 1. The van der Waals surface area contributed by atoms with Crippen LogP contribution in [0.25, 0.3) is 16.8 Å². The van der Waals surface area contributed by atoms with Gasteiger partial charge in [0.1, 0.15) is 29.8 Å². The summed E-state index contributed by atoms with van der Waals surface area (Å²) in [6.07, 6.45) is 6.59. The molecule has 0 radical (unpaired) electrons. The third-order valence-electron chi connectivity index (χ3n) is 7.05. The maximum absolute atomic E-state index is 14.9. The number of hydrogen-bond donors (Lipinski definition) is 3. The molecule has 194 valence electrons. The molecular weight excluding hydrogens is 480 g/mol. The molecule has 3 heterocycles. The molecule has 0 unspecified atom stereocenters. The van der Waals surface area contributed by atoms with E-state index in [0.29, 0.717) is 24.2 Å². The van der Waals surface area contributed by atoms with Gasteiger partial charge < -0.3 is 20.7 Å². The van der Waals surface area contributed by atoms with Gasteiger partial charge in [-0.3, -0.25) is 4.98 Å². The van der Waals surface area contributed by atoms with Crippen molar-refractivity contribution in [2.45, 2.75) is 44.2 Å². The minimum absolute atomic E-state index is 0.00873. The molecule has 0 bridgehead atoms. The molecule has 1 aliphatic rings. The fourth-order valence-corrected chi connectivity index (χ4v) is 5.21. The largest absolute Gasteiger partial charge is 0.491 e. The lowest BCUT2D eigenvalue weighted by Gasteiger charge is -2.36. The molecule has 4 atom stereocenters. The van der Waals surface area contributed by atoms with Crippen LogP contribution in [-0.4, -0.2) is 55.2 Å². The number of nitrogens with two attached hydrogens (primary N) is 1. The molecule has 10 heteroatoms. The van der Waals surface area contributed by atoms with E-state index in [1.807, 2.05) is 13.0 Å². The fraction of sp³-hybridized carbons (Fsp3) is 0.370. The SMILES string of the molecule is C[C@H]1C[C@@H](c2ccncc2Cc2ncc3ccc(-c4c(F)cc(OCCO)cc4F)nn23)C[C@@H](N)[C@H]1O. The Labute approximate surface area is 212 Å². The lowest BCUT2D eigenvalue weighted by atomic mass is 9.74. The van der Waals surface area contributed by atoms with Crippen LogP contribution in [0.2, 0.25) is 0 Å². The molecule has 3 aromatic heterocycles. The quantitative estimate of drug-likeness (QED) is 0.350. The summed E-state index contributed by atoms with van der Waals surface area (Å²) in [5.74, 6) is -0.789. The number of halogens is 2. The summed E-state index contributed by atoms with van der Waals surface area (Å²) in [6.45, 7) is 1.68. The molecule has 0 saturated heterocycles. The highest BCUT2D eigenvalue weighted by atomic mass is 19.1. The molecule has 1 fully saturated rings. The van der Waals surface area contributed by atoms with E-state index in [1.54, 1.807) is 35.2 Å². The molecule has 37 heavy (non-hydrogen) atoms. The van der Waals surface area contributed by atoms with Crippen LogP contribution in [0.15, 0.2) is 48.9 Å². The molecule has 4 aromatic rings. The van der Waals surface area contributed by atoms with Crippen molar-refractivity contribution in [3.63, 3.8) is 0 Å². The molecule has 4 N–H and O–H groups in total. The monoisotopic (exact) mass is 509 g/mol. The van der Waals surface area contributed by atoms with E-state index in [4.69, 9.17) is 15.6 Å². The van der Waals surface area contributed by atoms with Gasteiger partial charge in [-0.05, 0) is 54.0 Å². The number of fused-ring (bicyclic) bond motifs is 1. The molecule has 1 aromatic carbocycles. The Morgan fingerprint density at radius 3 is 2.65 bits per heavy atom. The van der Waals surface area contributed by atoms with Gasteiger partial charge in [-0.15, -0.1) is 0 Å². The Morgan fingerprint density at radius 1 is 1.14 bits per heavy atom. The molecule has 1 saturated carbocycles.